The van der Waals surface area contributed by atoms with Crippen LogP contribution in [0.3, 0.4) is 0 Å². The third kappa shape index (κ3) is 12.1. The first-order valence-corrected chi connectivity index (χ1v) is 19.1. The average Bonchev–Trinajstić information content (AvgIpc) is 4.00. The quantitative estimate of drug-likeness (QED) is 0.183. The summed E-state index contributed by atoms with van der Waals surface area (Å²) in [5.41, 5.74) is 4.35. The van der Waals surface area contributed by atoms with E-state index in [-0.39, 0.29) is 6.29 Å². The number of hydrogen-bond donors (Lipinski definition) is 0. The molecule has 3 aromatic carbocycles. The predicted octanol–water partition coefficient (Wildman–Crippen LogP) is 9.26. The van der Waals surface area contributed by atoms with Gasteiger partial charge in [0.1, 0.15) is 17.9 Å². The van der Waals surface area contributed by atoms with Crippen LogP contribution in [0, 0.1) is 0 Å². The number of piperazine rings is 1. The molecule has 0 aliphatic carbocycles. The van der Waals surface area contributed by atoms with Crippen LogP contribution in [0.15, 0.2) is 96.6 Å². The average molecular weight is 768 g/mol. The largest absolute Gasteiger partial charge is 0.495 e. The fourth-order valence-corrected chi connectivity index (χ4v) is 6.04. The smallest absolute Gasteiger partial charge is 0.185 e. The Bertz CT molecular complexity index is 1660. The van der Waals surface area contributed by atoms with Gasteiger partial charge in [-0.15, -0.1) is 0 Å². The lowest BCUT2D eigenvalue weighted by atomic mass is 10.2. The number of benzene rings is 3. The van der Waals surface area contributed by atoms with Gasteiger partial charge in [-0.05, 0) is 61.9 Å². The van der Waals surface area contributed by atoms with Gasteiger partial charge >= 0.3 is 0 Å². The zero-order valence-corrected chi connectivity index (χ0v) is 34.0. The fourth-order valence-electron chi connectivity index (χ4n) is 5.54. The summed E-state index contributed by atoms with van der Waals surface area (Å²) in [7, 11) is 3.51. The molecule has 1 unspecified atom stereocenters. The number of halogens is 2. The van der Waals surface area contributed by atoms with Gasteiger partial charge in [-0.25, -0.2) is 5.01 Å². The lowest BCUT2D eigenvalue weighted by molar-refractivity contribution is -0.0440. The topological polar surface area (TPSA) is 83.7 Å². The monoisotopic (exact) mass is 766 g/mol. The minimum atomic E-state index is -0.329. The minimum absolute atomic E-state index is 0.329. The molecule has 3 aliphatic rings. The first-order valence-electron chi connectivity index (χ1n) is 18.3. The van der Waals surface area contributed by atoms with Crippen LogP contribution in [0.2, 0.25) is 10.0 Å². The predicted molar refractivity (Wildman–Crippen MR) is 220 cm³/mol. The highest BCUT2D eigenvalue weighted by atomic mass is 35.5. The summed E-state index contributed by atoms with van der Waals surface area (Å²) < 4.78 is 16.1. The molecule has 0 amide bonds. The number of rotatable bonds is 7. The van der Waals surface area contributed by atoms with Crippen molar-refractivity contribution in [1.82, 2.24) is 20.0 Å². The lowest BCUT2D eigenvalue weighted by Gasteiger charge is -2.38. The highest BCUT2D eigenvalue weighted by Crippen LogP contribution is 2.32. The molecule has 1 aromatic heterocycles. The second kappa shape index (κ2) is 22.7. The number of methoxy groups -OCH3 is 1. The fraction of sp³-hybridized carbons (Fsp3) is 0.425. The van der Waals surface area contributed by atoms with E-state index in [9.17, 15) is 0 Å². The summed E-state index contributed by atoms with van der Waals surface area (Å²) in [5, 5.41) is 15.2. The third-order valence-electron chi connectivity index (χ3n) is 8.41. The van der Waals surface area contributed by atoms with Crippen molar-refractivity contribution in [2.45, 2.75) is 60.3 Å². The van der Waals surface area contributed by atoms with Crippen LogP contribution in [0.5, 0.6) is 5.75 Å². The number of hydrogen-bond acceptors (Lipinski definition) is 10. The lowest BCUT2D eigenvalue weighted by Crippen LogP contribution is -2.46. The molecule has 13 heteroatoms. The zero-order chi connectivity index (χ0) is 38.8. The highest BCUT2D eigenvalue weighted by molar-refractivity contribution is 6.35. The van der Waals surface area contributed by atoms with Gasteiger partial charge in [-0.2, -0.15) is 20.1 Å². The standard InChI is InChI=1S/C24H31N5O.C9H8Cl2O2.C3H5N3.2C2H6/c1-5-19(2)29-20(3)28(18-25-29)22-12-10-21(11-13-22)26-14-16-27(17-15-26)23-8-6-7-9-24(23)30-4;10-6-1-2-7(8(11)5-6)9-12-3-4-13-9;1-6-4-2-3-5-6;2*1-2/h6-13,18-19H,3,5,14-17H2,1-2,4H3;1-2,5,9H,3-4H2;2-3H,1H3;2*1-2H3. The molecule has 11 nitrogen and oxygen atoms in total. The van der Waals surface area contributed by atoms with Crippen molar-refractivity contribution in [3.63, 3.8) is 0 Å². The molecule has 2 fully saturated rings. The van der Waals surface area contributed by atoms with Crippen molar-refractivity contribution in [3.8, 4) is 5.75 Å². The van der Waals surface area contributed by atoms with Gasteiger partial charge in [0.25, 0.3) is 0 Å². The number of hydrazone groups is 1. The Hall–Kier alpha value is -4.29. The molecule has 7 rings (SSSR count). The Kier molecular flexibility index (Phi) is 18.5. The van der Waals surface area contributed by atoms with Gasteiger partial charge in [0.2, 0.25) is 0 Å². The summed E-state index contributed by atoms with van der Waals surface area (Å²) in [6, 6.07) is 22.6. The van der Waals surface area contributed by atoms with Gasteiger partial charge in [-0.3, -0.25) is 4.90 Å². The van der Waals surface area contributed by atoms with Gasteiger partial charge in [0, 0.05) is 55.2 Å². The molecule has 53 heavy (non-hydrogen) atoms. The van der Waals surface area contributed by atoms with Crippen LogP contribution < -0.4 is 19.4 Å². The number of nitrogens with zero attached hydrogens (tertiary/aromatic N) is 8. The van der Waals surface area contributed by atoms with Crippen LogP contribution in [-0.4, -0.2) is 78.9 Å². The summed E-state index contributed by atoms with van der Waals surface area (Å²) in [5.74, 6) is 1.84. The Morgan fingerprint density at radius 2 is 1.43 bits per heavy atom. The molecule has 4 heterocycles. The summed E-state index contributed by atoms with van der Waals surface area (Å²) in [4.78, 5) is 8.39. The number of anilines is 3. The molecule has 2 saturated heterocycles. The molecular weight excluding hydrogens is 711 g/mol. The first-order chi connectivity index (χ1) is 25.8. The molecule has 0 bridgehead atoms. The second-order valence-electron chi connectivity index (χ2n) is 11.5. The molecular formula is C40H56Cl2N8O3. The number of aromatic nitrogens is 3. The zero-order valence-electron chi connectivity index (χ0n) is 32.5. The van der Waals surface area contributed by atoms with Gasteiger partial charge in [-0.1, -0.05) is 82.6 Å². The number of ether oxygens (including phenoxy) is 3. The molecule has 0 radical (unpaired) electrons. The molecule has 0 saturated carbocycles. The van der Waals surface area contributed by atoms with E-state index < -0.39 is 0 Å². The molecule has 0 spiro atoms. The molecule has 288 valence electrons. The van der Waals surface area contributed by atoms with Gasteiger partial charge in [0.15, 0.2) is 6.29 Å². The SMILES string of the molecule is C=C1N(c2ccc(N3CCN(c4ccccc4OC)CC3)cc2)C=NN1C(C)CC.CC.CC.Clc1ccc(C2OCCO2)c(Cl)c1.Cn1nccn1. The first kappa shape index (κ1) is 43.1. The Balaban J connectivity index is 0.000000268. The third-order valence-corrected chi connectivity index (χ3v) is 8.98. The van der Waals surface area contributed by atoms with E-state index in [1.54, 1.807) is 38.7 Å². The van der Waals surface area contributed by atoms with Crippen LogP contribution in [-0.2, 0) is 16.5 Å². The van der Waals surface area contributed by atoms with Crippen LogP contribution >= 0.6 is 23.2 Å². The summed E-state index contributed by atoms with van der Waals surface area (Å²) in [6.07, 6.45) is 5.84. The maximum atomic E-state index is 5.97. The van der Waals surface area contributed by atoms with E-state index in [1.165, 1.54) is 16.2 Å². The molecule has 0 N–H and O–H groups in total. The van der Waals surface area contributed by atoms with E-state index in [0.29, 0.717) is 29.3 Å². The Morgan fingerprint density at radius 3 is 1.98 bits per heavy atom. The summed E-state index contributed by atoms with van der Waals surface area (Å²) in [6.45, 7) is 21.7. The van der Waals surface area contributed by atoms with Crippen LogP contribution in [0.4, 0.5) is 17.1 Å². The van der Waals surface area contributed by atoms with Crippen molar-refractivity contribution in [2.75, 3.05) is 61.2 Å². The highest BCUT2D eigenvalue weighted by Gasteiger charge is 2.25. The van der Waals surface area contributed by atoms with Crippen molar-refractivity contribution < 1.29 is 14.2 Å². The summed E-state index contributed by atoms with van der Waals surface area (Å²) >= 11 is 11.7. The molecule has 1 atom stereocenters. The van der Waals surface area contributed by atoms with E-state index in [2.05, 4.69) is 86.8 Å². The van der Waals surface area contributed by atoms with E-state index in [4.69, 9.17) is 37.4 Å². The van der Waals surface area contributed by atoms with Crippen LogP contribution in [0.25, 0.3) is 0 Å². The minimum Gasteiger partial charge on any atom is -0.495 e. The maximum absolute atomic E-state index is 5.97. The van der Waals surface area contributed by atoms with E-state index >= 15 is 0 Å². The number of para-hydroxylation sites is 2. The van der Waals surface area contributed by atoms with Crippen molar-refractivity contribution >= 4 is 46.6 Å². The maximum Gasteiger partial charge on any atom is 0.185 e. The van der Waals surface area contributed by atoms with Gasteiger partial charge in [0.05, 0.1) is 49.5 Å². The van der Waals surface area contributed by atoms with Crippen molar-refractivity contribution in [3.05, 3.63) is 107 Å². The Morgan fingerprint density at radius 1 is 0.849 bits per heavy atom. The van der Waals surface area contributed by atoms with E-state index in [1.807, 2.05) is 57.2 Å². The van der Waals surface area contributed by atoms with E-state index in [0.717, 1.165) is 55.4 Å². The normalized spacial score (nSPS) is 15.6. The van der Waals surface area contributed by atoms with Crippen molar-refractivity contribution in [2.24, 2.45) is 12.1 Å². The molecule has 3 aliphatic heterocycles. The van der Waals surface area contributed by atoms with Crippen LogP contribution in [0.1, 0.15) is 59.8 Å². The molecule has 4 aromatic rings. The Labute approximate surface area is 326 Å². The number of aryl methyl sites for hydroxylation is 1. The van der Waals surface area contributed by atoms with Crippen molar-refractivity contribution in [1.29, 1.82) is 0 Å². The second-order valence-corrected chi connectivity index (χ2v) is 12.4. The van der Waals surface area contributed by atoms with Gasteiger partial charge < -0.3 is 24.0 Å².